The van der Waals surface area contributed by atoms with Gasteiger partial charge in [0.2, 0.25) is 5.91 Å². The number of rotatable bonds is 6. The van der Waals surface area contributed by atoms with Crippen LogP contribution in [0.3, 0.4) is 0 Å². The molecule has 1 aliphatic rings. The largest absolute Gasteiger partial charge is 0.394 e. The second kappa shape index (κ2) is 7.99. The molecule has 1 saturated heterocycles. The predicted molar refractivity (Wildman–Crippen MR) is 76.4 cm³/mol. The third kappa shape index (κ3) is 4.92. The molecule has 0 spiro atoms. The molecule has 1 aromatic rings. The van der Waals surface area contributed by atoms with E-state index in [1.54, 1.807) is 0 Å². The van der Waals surface area contributed by atoms with Crippen LogP contribution < -0.4 is 10.6 Å². The van der Waals surface area contributed by atoms with Crippen LogP contribution in [0.15, 0.2) is 30.3 Å². The highest BCUT2D eigenvalue weighted by Gasteiger charge is 2.19. The second-order valence-electron chi connectivity index (χ2n) is 5.07. The van der Waals surface area contributed by atoms with Gasteiger partial charge in [0.25, 0.3) is 0 Å². The summed E-state index contributed by atoms with van der Waals surface area (Å²) >= 11 is 0. The van der Waals surface area contributed by atoms with Crippen LogP contribution in [0, 0.1) is 0 Å². The van der Waals surface area contributed by atoms with Gasteiger partial charge in [0.1, 0.15) is 0 Å². The summed E-state index contributed by atoms with van der Waals surface area (Å²) in [5, 5.41) is 15.5. The molecule has 1 fully saturated rings. The summed E-state index contributed by atoms with van der Waals surface area (Å²) in [5.41, 5.74) is 1.10. The van der Waals surface area contributed by atoms with E-state index < -0.39 is 0 Å². The third-order valence-corrected chi connectivity index (χ3v) is 3.34. The van der Waals surface area contributed by atoms with Crippen LogP contribution in [0.4, 0.5) is 0 Å². The van der Waals surface area contributed by atoms with Crippen LogP contribution in [0.1, 0.15) is 12.0 Å². The Morgan fingerprint density at radius 3 is 2.90 bits per heavy atom. The summed E-state index contributed by atoms with van der Waals surface area (Å²) in [6.45, 7) is 1.99. The third-order valence-electron chi connectivity index (χ3n) is 3.34. The normalized spacial score (nSPS) is 20.4. The lowest BCUT2D eigenvalue weighted by Crippen LogP contribution is -2.46. The van der Waals surface area contributed by atoms with Crippen LogP contribution in [-0.2, 0) is 16.0 Å². The summed E-state index contributed by atoms with van der Waals surface area (Å²) in [7, 11) is 0. The number of aliphatic hydroxyl groups is 1. The second-order valence-corrected chi connectivity index (χ2v) is 5.07. The van der Waals surface area contributed by atoms with Crippen molar-refractivity contribution in [1.29, 1.82) is 0 Å². The zero-order valence-corrected chi connectivity index (χ0v) is 11.5. The van der Waals surface area contributed by atoms with Gasteiger partial charge in [-0.1, -0.05) is 30.3 Å². The molecular formula is C15H22N2O3. The van der Waals surface area contributed by atoms with Gasteiger partial charge in [-0.15, -0.1) is 0 Å². The topological polar surface area (TPSA) is 70.6 Å². The number of carbonyl (C=O) groups excluding carboxylic acids is 1. The number of amides is 1. The van der Waals surface area contributed by atoms with Crippen LogP contribution in [0.5, 0.6) is 0 Å². The molecule has 0 aliphatic carbocycles. The molecule has 0 radical (unpaired) electrons. The molecule has 2 atom stereocenters. The Hall–Kier alpha value is -1.43. The van der Waals surface area contributed by atoms with E-state index in [1.165, 1.54) is 0 Å². The molecular weight excluding hydrogens is 256 g/mol. The van der Waals surface area contributed by atoms with Crippen molar-refractivity contribution in [1.82, 2.24) is 10.6 Å². The van der Waals surface area contributed by atoms with E-state index in [-0.39, 0.29) is 24.6 Å². The minimum absolute atomic E-state index is 0.0528. The first-order chi connectivity index (χ1) is 9.78. The van der Waals surface area contributed by atoms with E-state index in [2.05, 4.69) is 10.6 Å². The van der Waals surface area contributed by atoms with E-state index >= 15 is 0 Å². The molecule has 1 unspecified atom stereocenters. The zero-order valence-electron chi connectivity index (χ0n) is 11.5. The van der Waals surface area contributed by atoms with Gasteiger partial charge in [0.05, 0.1) is 25.9 Å². The Morgan fingerprint density at radius 1 is 1.45 bits per heavy atom. The van der Waals surface area contributed by atoms with Crippen LogP contribution in [0.2, 0.25) is 0 Å². The van der Waals surface area contributed by atoms with Gasteiger partial charge >= 0.3 is 0 Å². The fourth-order valence-electron chi connectivity index (χ4n) is 2.32. The summed E-state index contributed by atoms with van der Waals surface area (Å²) < 4.78 is 5.32. The molecule has 1 aliphatic heterocycles. The molecule has 1 heterocycles. The average Bonchev–Trinajstić information content (AvgIpc) is 2.48. The van der Waals surface area contributed by atoms with E-state index in [4.69, 9.17) is 4.74 Å². The predicted octanol–water partition coefficient (Wildman–Crippen LogP) is 0.0847. The lowest BCUT2D eigenvalue weighted by molar-refractivity contribution is -0.123. The lowest BCUT2D eigenvalue weighted by atomic mass is 10.1. The molecule has 110 valence electrons. The highest BCUT2D eigenvalue weighted by atomic mass is 16.5. The maximum atomic E-state index is 12.0. The molecule has 0 aromatic heterocycles. The number of ether oxygens (including phenoxy) is 1. The molecule has 0 bridgehead atoms. The molecule has 5 nitrogen and oxygen atoms in total. The van der Waals surface area contributed by atoms with Gasteiger partial charge in [0, 0.05) is 19.0 Å². The van der Waals surface area contributed by atoms with E-state index in [1.807, 2.05) is 30.3 Å². The molecule has 1 aromatic carbocycles. The molecule has 2 rings (SSSR count). The number of hydrogen-bond acceptors (Lipinski definition) is 4. The summed E-state index contributed by atoms with van der Waals surface area (Å²) in [4.78, 5) is 12.0. The zero-order chi connectivity index (χ0) is 14.2. The number of morpholine rings is 1. The Balaban J connectivity index is 1.78. The maximum absolute atomic E-state index is 12.0. The van der Waals surface area contributed by atoms with E-state index in [9.17, 15) is 9.90 Å². The van der Waals surface area contributed by atoms with Gasteiger partial charge in [-0.25, -0.2) is 0 Å². The summed E-state index contributed by atoms with van der Waals surface area (Å²) in [6, 6.07) is 9.67. The van der Waals surface area contributed by atoms with Gasteiger partial charge in [-0.2, -0.15) is 0 Å². The number of nitrogens with one attached hydrogen (secondary N) is 2. The van der Waals surface area contributed by atoms with Crippen LogP contribution in [0.25, 0.3) is 0 Å². The van der Waals surface area contributed by atoms with Crippen molar-refractivity contribution in [3.8, 4) is 0 Å². The fraction of sp³-hybridized carbons (Fsp3) is 0.533. The van der Waals surface area contributed by atoms with Crippen molar-refractivity contribution in [3.05, 3.63) is 35.9 Å². The Bertz CT molecular complexity index is 405. The quantitative estimate of drug-likeness (QED) is 0.689. The van der Waals surface area contributed by atoms with Gasteiger partial charge < -0.3 is 20.5 Å². The first-order valence-electron chi connectivity index (χ1n) is 7.03. The van der Waals surface area contributed by atoms with Crippen LogP contribution >= 0.6 is 0 Å². The Kier molecular flexibility index (Phi) is 5.98. The maximum Gasteiger partial charge on any atom is 0.221 e. The minimum atomic E-state index is -0.241. The first-order valence-corrected chi connectivity index (χ1v) is 7.03. The summed E-state index contributed by atoms with van der Waals surface area (Å²) in [6.07, 6.45) is 1.02. The summed E-state index contributed by atoms with van der Waals surface area (Å²) in [5.74, 6) is -0.0528. The number of aliphatic hydroxyl groups excluding tert-OH is 1. The van der Waals surface area contributed by atoms with Crippen molar-refractivity contribution in [2.45, 2.75) is 24.9 Å². The van der Waals surface area contributed by atoms with Crippen molar-refractivity contribution >= 4 is 5.91 Å². The van der Waals surface area contributed by atoms with Crippen molar-refractivity contribution < 1.29 is 14.6 Å². The van der Waals surface area contributed by atoms with Crippen LogP contribution in [-0.4, -0.2) is 49.5 Å². The average molecular weight is 278 g/mol. The highest BCUT2D eigenvalue weighted by molar-refractivity contribution is 5.77. The van der Waals surface area contributed by atoms with Gasteiger partial charge in [0.15, 0.2) is 0 Å². The van der Waals surface area contributed by atoms with E-state index in [0.717, 1.165) is 12.1 Å². The standard InChI is InChI=1S/C15H22N2O3/c18-10-13(8-12-4-2-1-3-5-12)17-15(19)9-14-11-20-7-6-16-14/h1-5,13-14,16,18H,6-11H2,(H,17,19)/t13-,14?/m0/s1. The van der Waals surface area contributed by atoms with Gasteiger partial charge in [-0.3, -0.25) is 4.79 Å². The molecule has 5 heteroatoms. The number of carbonyl (C=O) groups is 1. The highest BCUT2D eigenvalue weighted by Crippen LogP contribution is 2.04. The Labute approximate surface area is 119 Å². The van der Waals surface area contributed by atoms with E-state index in [0.29, 0.717) is 26.1 Å². The van der Waals surface area contributed by atoms with Gasteiger partial charge in [-0.05, 0) is 12.0 Å². The van der Waals surface area contributed by atoms with Crippen molar-refractivity contribution in [3.63, 3.8) is 0 Å². The van der Waals surface area contributed by atoms with Crippen molar-refractivity contribution in [2.24, 2.45) is 0 Å². The lowest BCUT2D eigenvalue weighted by Gasteiger charge is -2.24. The Morgan fingerprint density at radius 2 is 2.25 bits per heavy atom. The first kappa shape index (κ1) is 15.0. The van der Waals surface area contributed by atoms with Crippen molar-refractivity contribution in [2.75, 3.05) is 26.4 Å². The number of benzene rings is 1. The fourth-order valence-corrected chi connectivity index (χ4v) is 2.32. The smallest absolute Gasteiger partial charge is 0.221 e. The molecule has 20 heavy (non-hydrogen) atoms. The minimum Gasteiger partial charge on any atom is -0.394 e. The monoisotopic (exact) mass is 278 g/mol. The molecule has 3 N–H and O–H groups in total. The molecule has 1 amide bonds. The number of hydrogen-bond donors (Lipinski definition) is 3. The SMILES string of the molecule is O=C(CC1COCCN1)N[C@H](CO)Cc1ccccc1. The molecule has 0 saturated carbocycles.